The molecule has 0 radical (unpaired) electrons. The van der Waals surface area contributed by atoms with Gasteiger partial charge >= 0.3 is 0 Å². The Labute approximate surface area is 352 Å². The van der Waals surface area contributed by atoms with Crippen molar-refractivity contribution < 1.29 is 30.4 Å². The zero-order chi connectivity index (χ0) is 41.6. The van der Waals surface area contributed by atoms with Gasteiger partial charge in [-0.3, -0.25) is 0 Å². The van der Waals surface area contributed by atoms with Gasteiger partial charge in [0.25, 0.3) is 0 Å². The van der Waals surface area contributed by atoms with Crippen molar-refractivity contribution in [3.63, 3.8) is 0 Å². The van der Waals surface area contributed by atoms with Crippen molar-refractivity contribution in [3.05, 3.63) is 148 Å². The van der Waals surface area contributed by atoms with E-state index in [0.717, 1.165) is 57.9 Å². The molecule has 17 heteroatoms. The first-order valence-electron chi connectivity index (χ1n) is 19.0. The van der Waals surface area contributed by atoms with Crippen molar-refractivity contribution in [2.45, 2.75) is 29.6 Å². The number of ether oxygens (including phenoxy) is 1. The van der Waals surface area contributed by atoms with Crippen LogP contribution in [-0.2, 0) is 32.9 Å². The molecule has 4 heterocycles. The molecule has 0 atom stereocenters. The summed E-state index contributed by atoms with van der Waals surface area (Å²) in [6.45, 7) is 5.67. The topological polar surface area (TPSA) is 116 Å². The Balaban J connectivity index is 0.000000179. The Kier molecular flexibility index (Phi) is 13.4. The highest BCUT2D eigenvalue weighted by molar-refractivity contribution is 7.89. The van der Waals surface area contributed by atoms with Gasteiger partial charge in [0.2, 0.25) is 20.0 Å². The van der Waals surface area contributed by atoms with Crippen molar-refractivity contribution in [1.29, 1.82) is 0 Å². The first kappa shape index (κ1) is 42.3. The summed E-state index contributed by atoms with van der Waals surface area (Å²) >= 11 is 3.15. The van der Waals surface area contributed by atoms with E-state index in [1.807, 2.05) is 29.6 Å². The molecule has 0 spiro atoms. The van der Waals surface area contributed by atoms with Crippen molar-refractivity contribution in [3.8, 4) is 5.75 Å². The van der Waals surface area contributed by atoms with Crippen LogP contribution in [0.1, 0.15) is 28.1 Å². The number of nitrogens with zero attached hydrogens (tertiary/aromatic N) is 6. The Morgan fingerprint density at radius 1 is 0.593 bits per heavy atom. The van der Waals surface area contributed by atoms with Crippen molar-refractivity contribution in [2.24, 2.45) is 0 Å². The van der Waals surface area contributed by atoms with Crippen LogP contribution < -0.4 is 14.5 Å². The van der Waals surface area contributed by atoms with Crippen LogP contribution in [0.4, 0.5) is 19.0 Å². The van der Waals surface area contributed by atoms with Crippen LogP contribution in [0.15, 0.2) is 118 Å². The molecule has 0 N–H and O–H groups in total. The molecule has 0 unspecified atom stereocenters. The third-order valence-corrected chi connectivity index (χ3v) is 15.7. The summed E-state index contributed by atoms with van der Waals surface area (Å²) < 4.78 is 85.9. The van der Waals surface area contributed by atoms with E-state index >= 15 is 0 Å². The van der Waals surface area contributed by atoms with Crippen LogP contribution in [-0.4, -0.2) is 94.9 Å². The minimum absolute atomic E-state index is 0.000540. The predicted molar refractivity (Wildman–Crippen MR) is 229 cm³/mol. The fourth-order valence-electron chi connectivity index (χ4n) is 6.71. The number of methoxy groups -OCH3 is 1. The standard InChI is InChI=1S/C21H22FN3O3S2.C21H22FN3O2S2/c1-28-19-7-5-16(6-8-19)13-18-15-29-21(23-18)24-9-11-25(12-10-24)30(26,27)20-4-2-3-17(22)14-20;1-16-5-7-17(8-6-16)13-19-15-28-21(23-19)24-9-11-25(12-10-24)29(26,27)20-4-2-3-18(22)14-20/h2-8,14-15H,9-13H2,1H3;2-8,14-15H,9-13H2,1H3. The normalized spacial score (nSPS) is 15.5. The summed E-state index contributed by atoms with van der Waals surface area (Å²) in [6.07, 6.45) is 1.51. The van der Waals surface area contributed by atoms with Gasteiger partial charge in [0.1, 0.15) is 17.4 Å². The molecule has 0 amide bonds. The number of benzene rings is 4. The van der Waals surface area contributed by atoms with Crippen LogP contribution in [0.2, 0.25) is 0 Å². The van der Waals surface area contributed by atoms with Gasteiger partial charge < -0.3 is 14.5 Å². The molecule has 59 heavy (non-hydrogen) atoms. The third kappa shape index (κ3) is 10.5. The fourth-order valence-corrected chi connectivity index (χ4v) is 11.4. The Hall–Kier alpha value is -4.78. The average Bonchev–Trinajstić information content (AvgIpc) is 3.92. The minimum atomic E-state index is -3.69. The summed E-state index contributed by atoms with van der Waals surface area (Å²) in [5.74, 6) is -0.278. The van der Waals surface area contributed by atoms with E-state index in [1.54, 1.807) is 29.8 Å². The van der Waals surface area contributed by atoms with Crippen LogP contribution >= 0.6 is 22.7 Å². The SMILES string of the molecule is COc1ccc(Cc2csc(N3CCN(S(=O)(=O)c4cccc(F)c4)CC3)n2)cc1.Cc1ccc(Cc2csc(N3CCN(S(=O)(=O)c4cccc(F)c4)CC3)n2)cc1. The van der Waals surface area contributed by atoms with Gasteiger partial charge in [-0.2, -0.15) is 8.61 Å². The second-order valence-corrected chi connectivity index (χ2v) is 19.7. The van der Waals surface area contributed by atoms with Gasteiger partial charge in [-0.05, 0) is 66.6 Å². The summed E-state index contributed by atoms with van der Waals surface area (Å²) in [5.41, 5.74) is 5.61. The van der Waals surface area contributed by atoms with Crippen molar-refractivity contribution in [1.82, 2.24) is 18.6 Å². The van der Waals surface area contributed by atoms with Crippen molar-refractivity contribution >= 4 is 53.0 Å². The number of aryl methyl sites for hydroxylation is 1. The molecule has 8 rings (SSSR count). The van der Waals surface area contributed by atoms with E-state index in [4.69, 9.17) is 14.7 Å². The largest absolute Gasteiger partial charge is 0.497 e. The number of hydrogen-bond donors (Lipinski definition) is 0. The minimum Gasteiger partial charge on any atom is -0.497 e. The lowest BCUT2D eigenvalue weighted by Gasteiger charge is -2.33. The Morgan fingerprint density at radius 2 is 1.00 bits per heavy atom. The summed E-state index contributed by atoms with van der Waals surface area (Å²) in [6, 6.07) is 26.6. The molecule has 2 saturated heterocycles. The summed E-state index contributed by atoms with van der Waals surface area (Å²) in [5, 5.41) is 5.90. The average molecular weight is 879 g/mol. The highest BCUT2D eigenvalue weighted by Crippen LogP contribution is 2.28. The lowest BCUT2D eigenvalue weighted by molar-refractivity contribution is 0.384. The first-order valence-corrected chi connectivity index (χ1v) is 23.6. The van der Waals surface area contributed by atoms with Crippen LogP contribution in [0.3, 0.4) is 0 Å². The van der Waals surface area contributed by atoms with E-state index < -0.39 is 31.7 Å². The van der Waals surface area contributed by atoms with E-state index in [1.165, 1.54) is 56.1 Å². The molecule has 4 aromatic carbocycles. The molecule has 11 nitrogen and oxygen atoms in total. The Morgan fingerprint density at radius 3 is 1.39 bits per heavy atom. The first-order chi connectivity index (χ1) is 28.4. The van der Waals surface area contributed by atoms with Gasteiger partial charge in [-0.1, -0.05) is 54.1 Å². The highest BCUT2D eigenvalue weighted by atomic mass is 32.2. The maximum atomic E-state index is 13.4. The number of thiazole rings is 2. The zero-order valence-corrected chi connectivity index (χ0v) is 35.8. The van der Waals surface area contributed by atoms with Crippen LogP contribution in [0.25, 0.3) is 0 Å². The van der Waals surface area contributed by atoms with Gasteiger partial charge in [0.15, 0.2) is 10.3 Å². The summed E-state index contributed by atoms with van der Waals surface area (Å²) in [7, 11) is -5.73. The van der Waals surface area contributed by atoms with Gasteiger partial charge in [0.05, 0.1) is 28.3 Å². The van der Waals surface area contributed by atoms with Gasteiger partial charge in [-0.15, -0.1) is 22.7 Å². The predicted octanol–water partition coefficient (Wildman–Crippen LogP) is 7.08. The molecule has 2 aromatic heterocycles. The van der Waals surface area contributed by atoms with E-state index in [9.17, 15) is 25.6 Å². The van der Waals surface area contributed by atoms with E-state index in [2.05, 4.69) is 46.4 Å². The Bertz CT molecular complexity index is 2550. The lowest BCUT2D eigenvalue weighted by atomic mass is 10.1. The number of piperazine rings is 2. The monoisotopic (exact) mass is 878 g/mol. The van der Waals surface area contributed by atoms with Gasteiger partial charge in [0, 0.05) is 76.0 Å². The second kappa shape index (κ2) is 18.6. The number of sulfonamides is 2. The molecule has 2 aliphatic heterocycles. The number of halogens is 2. The number of anilines is 2. The molecular formula is C42H44F2N6O5S4. The summed E-state index contributed by atoms with van der Waals surface area (Å²) in [4.78, 5) is 13.7. The van der Waals surface area contributed by atoms with Crippen LogP contribution in [0.5, 0.6) is 5.75 Å². The maximum absolute atomic E-state index is 13.4. The third-order valence-electron chi connectivity index (χ3n) is 10.0. The molecule has 310 valence electrons. The molecular weight excluding hydrogens is 835 g/mol. The van der Waals surface area contributed by atoms with E-state index in [-0.39, 0.29) is 9.79 Å². The molecule has 0 aliphatic carbocycles. The highest BCUT2D eigenvalue weighted by Gasteiger charge is 2.31. The molecule has 6 aromatic rings. The lowest BCUT2D eigenvalue weighted by Crippen LogP contribution is -2.48. The molecule has 0 saturated carbocycles. The quantitative estimate of drug-likeness (QED) is 0.135. The molecule has 2 aliphatic rings. The number of aromatic nitrogens is 2. The number of hydrogen-bond acceptors (Lipinski definition) is 11. The van der Waals surface area contributed by atoms with Crippen molar-refractivity contribution in [2.75, 3.05) is 69.3 Å². The number of rotatable bonds is 11. The van der Waals surface area contributed by atoms with Gasteiger partial charge in [-0.25, -0.2) is 35.6 Å². The van der Waals surface area contributed by atoms with E-state index in [0.29, 0.717) is 52.4 Å². The zero-order valence-electron chi connectivity index (χ0n) is 32.6. The molecule has 0 bridgehead atoms. The maximum Gasteiger partial charge on any atom is 0.243 e. The molecule has 2 fully saturated rings. The van der Waals surface area contributed by atoms with Crippen LogP contribution in [0, 0.1) is 18.6 Å². The fraction of sp³-hybridized carbons (Fsp3) is 0.286. The second-order valence-electron chi connectivity index (χ2n) is 14.1. The smallest absolute Gasteiger partial charge is 0.243 e.